The Bertz CT molecular complexity index is 986. The Hall–Kier alpha value is -3.41. The summed E-state index contributed by atoms with van der Waals surface area (Å²) in [6, 6.07) is 18.4. The van der Waals surface area contributed by atoms with Crippen LogP contribution in [0.25, 0.3) is 11.3 Å². The highest BCUT2D eigenvalue weighted by atomic mass is 16.5. The fourth-order valence-corrected chi connectivity index (χ4v) is 3.94. The number of ether oxygens (including phenoxy) is 1. The van der Waals surface area contributed by atoms with Gasteiger partial charge in [0.25, 0.3) is 0 Å². The summed E-state index contributed by atoms with van der Waals surface area (Å²) in [5.41, 5.74) is 2.60. The molecule has 1 saturated carbocycles. The van der Waals surface area contributed by atoms with Crippen LogP contribution in [-0.4, -0.2) is 33.7 Å². The molecule has 1 fully saturated rings. The van der Waals surface area contributed by atoms with Crippen LogP contribution in [-0.2, 0) is 11.2 Å². The molecule has 31 heavy (non-hydrogen) atoms. The average molecular weight is 418 g/mol. The number of carbonyl (C=O) groups is 1. The molecular formula is C25H27N3O3. The van der Waals surface area contributed by atoms with Crippen molar-refractivity contribution >= 4 is 11.8 Å². The van der Waals surface area contributed by atoms with Crippen LogP contribution in [0.2, 0.25) is 0 Å². The number of benzene rings is 2. The highest BCUT2D eigenvalue weighted by Crippen LogP contribution is 2.27. The van der Waals surface area contributed by atoms with Crippen molar-refractivity contribution in [3.63, 3.8) is 0 Å². The number of aliphatic carboxylic acids is 1. The van der Waals surface area contributed by atoms with Gasteiger partial charge in [-0.15, -0.1) is 0 Å². The second kappa shape index (κ2) is 10.1. The van der Waals surface area contributed by atoms with Gasteiger partial charge in [-0.1, -0.05) is 43.2 Å². The molecule has 1 aromatic heterocycles. The van der Waals surface area contributed by atoms with Crippen molar-refractivity contribution in [3.05, 3.63) is 72.6 Å². The van der Waals surface area contributed by atoms with Gasteiger partial charge in [0.2, 0.25) is 0 Å². The molecule has 6 nitrogen and oxygen atoms in total. The molecule has 1 heterocycles. The number of hydrogen-bond acceptors (Lipinski definition) is 5. The molecule has 0 bridgehead atoms. The number of hydrogen-bond donors (Lipinski definition) is 2. The molecule has 0 aliphatic heterocycles. The lowest BCUT2D eigenvalue weighted by molar-refractivity contribution is -0.137. The first-order chi connectivity index (χ1) is 15.2. The van der Waals surface area contributed by atoms with E-state index >= 15 is 0 Å². The van der Waals surface area contributed by atoms with Gasteiger partial charge in [0, 0.05) is 18.1 Å². The molecule has 1 aliphatic carbocycles. The van der Waals surface area contributed by atoms with Crippen molar-refractivity contribution < 1.29 is 14.6 Å². The first-order valence-electron chi connectivity index (χ1n) is 10.8. The predicted molar refractivity (Wildman–Crippen MR) is 120 cm³/mol. The lowest BCUT2D eigenvalue weighted by atomic mass is 10.1. The van der Waals surface area contributed by atoms with Crippen LogP contribution >= 0.6 is 0 Å². The summed E-state index contributed by atoms with van der Waals surface area (Å²) in [7, 11) is 0. The number of rotatable bonds is 9. The zero-order chi connectivity index (χ0) is 21.5. The molecule has 1 atom stereocenters. The van der Waals surface area contributed by atoms with Crippen LogP contribution < -0.4 is 10.1 Å². The number of carboxylic acid groups (broad SMARTS) is 1. The van der Waals surface area contributed by atoms with Gasteiger partial charge in [-0.05, 0) is 48.6 Å². The van der Waals surface area contributed by atoms with E-state index in [0.717, 1.165) is 29.2 Å². The van der Waals surface area contributed by atoms with Crippen LogP contribution in [0.15, 0.2) is 67.0 Å². The SMILES string of the molecule is O=C(O)C(Cc1ccccc1)Nc1cc(-c2ccc(OCC3CCCC3)cc2)ncn1. The molecule has 2 aromatic carbocycles. The van der Waals surface area contributed by atoms with E-state index in [2.05, 4.69) is 15.3 Å². The van der Waals surface area contributed by atoms with Crippen molar-refractivity contribution in [3.8, 4) is 17.0 Å². The molecule has 6 heteroatoms. The Morgan fingerprint density at radius 3 is 2.52 bits per heavy atom. The zero-order valence-corrected chi connectivity index (χ0v) is 17.4. The van der Waals surface area contributed by atoms with E-state index in [0.29, 0.717) is 18.2 Å². The van der Waals surface area contributed by atoms with Crippen molar-refractivity contribution in [2.45, 2.75) is 38.1 Å². The highest BCUT2D eigenvalue weighted by molar-refractivity contribution is 5.77. The lowest BCUT2D eigenvalue weighted by Crippen LogP contribution is -2.31. The molecule has 0 saturated heterocycles. The minimum atomic E-state index is -0.923. The van der Waals surface area contributed by atoms with Crippen molar-refractivity contribution in [2.24, 2.45) is 5.92 Å². The number of aromatic nitrogens is 2. The lowest BCUT2D eigenvalue weighted by Gasteiger charge is -2.15. The Labute approximate surface area is 182 Å². The van der Waals surface area contributed by atoms with Crippen molar-refractivity contribution in [1.82, 2.24) is 9.97 Å². The maximum atomic E-state index is 11.7. The van der Waals surface area contributed by atoms with Gasteiger partial charge in [-0.3, -0.25) is 0 Å². The van der Waals surface area contributed by atoms with Crippen molar-refractivity contribution in [1.29, 1.82) is 0 Å². The van der Waals surface area contributed by atoms with Gasteiger partial charge >= 0.3 is 5.97 Å². The second-order valence-corrected chi connectivity index (χ2v) is 8.00. The number of nitrogens with one attached hydrogen (secondary N) is 1. The molecule has 160 valence electrons. The van der Waals surface area contributed by atoms with Crippen LogP contribution in [0.1, 0.15) is 31.2 Å². The normalized spacial score (nSPS) is 14.8. The minimum Gasteiger partial charge on any atom is -0.493 e. The predicted octanol–water partition coefficient (Wildman–Crippen LogP) is 4.82. The molecule has 1 unspecified atom stereocenters. The number of carboxylic acids is 1. The van der Waals surface area contributed by atoms with E-state index in [1.807, 2.05) is 54.6 Å². The topological polar surface area (TPSA) is 84.3 Å². The summed E-state index contributed by atoms with van der Waals surface area (Å²) in [5.74, 6) is 1.09. The van der Waals surface area contributed by atoms with Crippen LogP contribution in [0.5, 0.6) is 5.75 Å². The third-order valence-electron chi connectivity index (χ3n) is 5.68. The maximum Gasteiger partial charge on any atom is 0.326 e. The Kier molecular flexibility index (Phi) is 6.77. The molecule has 3 aromatic rings. The third-order valence-corrected chi connectivity index (χ3v) is 5.68. The van der Waals surface area contributed by atoms with Gasteiger partial charge in [-0.25, -0.2) is 14.8 Å². The molecule has 0 radical (unpaired) electrons. The fourth-order valence-electron chi connectivity index (χ4n) is 3.94. The Balaban J connectivity index is 1.41. The summed E-state index contributed by atoms with van der Waals surface area (Å²) in [6.07, 6.45) is 6.95. The summed E-state index contributed by atoms with van der Waals surface area (Å²) in [5, 5.41) is 12.6. The first-order valence-corrected chi connectivity index (χ1v) is 10.8. The maximum absolute atomic E-state index is 11.7. The number of anilines is 1. The molecule has 0 spiro atoms. The quantitative estimate of drug-likeness (QED) is 0.519. The van der Waals surface area contributed by atoms with Crippen LogP contribution in [0, 0.1) is 5.92 Å². The molecule has 2 N–H and O–H groups in total. The van der Waals surface area contributed by atoms with Crippen molar-refractivity contribution in [2.75, 3.05) is 11.9 Å². The summed E-state index contributed by atoms with van der Waals surface area (Å²) >= 11 is 0. The first kappa shape index (κ1) is 20.8. The van der Waals surface area contributed by atoms with E-state index in [1.54, 1.807) is 6.07 Å². The molecule has 1 aliphatic rings. The standard InChI is InChI=1S/C25H27N3O3/c29-25(30)23(14-18-6-2-1-3-7-18)28-24-15-22(26-17-27-24)20-10-12-21(13-11-20)31-16-19-8-4-5-9-19/h1-3,6-7,10-13,15,17,19,23H,4-5,8-9,14,16H2,(H,29,30)(H,26,27,28). The van der Waals surface area contributed by atoms with Crippen LogP contribution in [0.3, 0.4) is 0 Å². The summed E-state index contributed by atoms with van der Waals surface area (Å²) in [4.78, 5) is 20.3. The van der Waals surface area contributed by atoms with E-state index in [4.69, 9.17) is 4.74 Å². The summed E-state index contributed by atoms with van der Waals surface area (Å²) in [6.45, 7) is 0.777. The fraction of sp³-hybridized carbons (Fsp3) is 0.320. The van der Waals surface area contributed by atoms with E-state index in [9.17, 15) is 9.90 Å². The summed E-state index contributed by atoms with van der Waals surface area (Å²) < 4.78 is 5.93. The zero-order valence-electron chi connectivity index (χ0n) is 17.4. The Morgan fingerprint density at radius 2 is 1.81 bits per heavy atom. The molecular weight excluding hydrogens is 390 g/mol. The minimum absolute atomic E-state index is 0.364. The van der Waals surface area contributed by atoms with Gasteiger partial charge in [0.1, 0.15) is 23.9 Å². The molecule has 4 rings (SSSR count). The van der Waals surface area contributed by atoms with Gasteiger partial charge < -0.3 is 15.2 Å². The third kappa shape index (κ3) is 5.81. The largest absolute Gasteiger partial charge is 0.493 e. The smallest absolute Gasteiger partial charge is 0.326 e. The average Bonchev–Trinajstić information content (AvgIpc) is 3.32. The second-order valence-electron chi connectivity index (χ2n) is 8.00. The van der Waals surface area contributed by atoms with E-state index in [1.165, 1.54) is 32.0 Å². The highest BCUT2D eigenvalue weighted by Gasteiger charge is 2.19. The van der Waals surface area contributed by atoms with Gasteiger partial charge in [-0.2, -0.15) is 0 Å². The van der Waals surface area contributed by atoms with Gasteiger partial charge in [0.05, 0.1) is 12.3 Å². The monoisotopic (exact) mass is 417 g/mol. The Morgan fingerprint density at radius 1 is 1.06 bits per heavy atom. The van der Waals surface area contributed by atoms with Crippen LogP contribution in [0.4, 0.5) is 5.82 Å². The molecule has 0 amide bonds. The van der Waals surface area contributed by atoms with E-state index in [-0.39, 0.29) is 0 Å². The number of nitrogens with zero attached hydrogens (tertiary/aromatic N) is 2. The van der Waals surface area contributed by atoms with Gasteiger partial charge in [0.15, 0.2) is 0 Å². The van der Waals surface area contributed by atoms with E-state index < -0.39 is 12.0 Å².